The summed E-state index contributed by atoms with van der Waals surface area (Å²) in [6.45, 7) is 1.66. The smallest absolute Gasteiger partial charge is 0.342 e. The summed E-state index contributed by atoms with van der Waals surface area (Å²) in [5.41, 5.74) is 0. The molecule has 0 bridgehead atoms. The fourth-order valence-electron chi connectivity index (χ4n) is 1.99. The molecule has 2 heterocycles. The average Bonchev–Trinajstić information content (AvgIpc) is 3.04. The van der Waals surface area contributed by atoms with Gasteiger partial charge in [-0.25, -0.2) is 9.55 Å². The molecule has 1 amide bonds. The molecule has 0 unspecified atom stereocenters. The lowest BCUT2D eigenvalue weighted by Gasteiger charge is -2.17. The zero-order chi connectivity index (χ0) is 17.0. The van der Waals surface area contributed by atoms with Gasteiger partial charge in [-0.15, -0.1) is 0 Å². The minimum Gasteiger partial charge on any atom is -0.358 e. The van der Waals surface area contributed by atoms with Gasteiger partial charge in [-0.1, -0.05) is 0 Å². The van der Waals surface area contributed by atoms with E-state index in [1.54, 1.807) is 0 Å². The molecule has 10 heteroatoms. The van der Waals surface area contributed by atoms with E-state index in [1.807, 2.05) is 19.0 Å². The Hall–Kier alpha value is -2.20. The van der Waals surface area contributed by atoms with Gasteiger partial charge in [0.05, 0.1) is 12.0 Å². The van der Waals surface area contributed by atoms with Crippen molar-refractivity contribution >= 4 is 34.7 Å². The molecule has 0 saturated heterocycles. The molecule has 9 nitrogen and oxygen atoms in total. The van der Waals surface area contributed by atoms with Crippen molar-refractivity contribution in [2.24, 2.45) is 12.0 Å². The van der Waals surface area contributed by atoms with Gasteiger partial charge in [0.25, 0.3) is 5.91 Å². The van der Waals surface area contributed by atoms with Crippen LogP contribution in [0.1, 0.15) is 12.2 Å². The highest BCUT2D eigenvalue weighted by atomic mass is 32.2. The number of carbonyl (C=O) groups is 1. The summed E-state index contributed by atoms with van der Waals surface area (Å²) in [6.07, 6.45) is 3.63. The number of nitro groups is 1. The first-order valence-corrected chi connectivity index (χ1v) is 7.80. The third-order valence-electron chi connectivity index (χ3n) is 3.30. The summed E-state index contributed by atoms with van der Waals surface area (Å²) in [7, 11) is 5.30. The second-order valence-corrected chi connectivity index (χ2v) is 5.99. The zero-order valence-corrected chi connectivity index (χ0v) is 14.0. The average molecular weight is 338 g/mol. The Balaban J connectivity index is 2.09. The van der Waals surface area contributed by atoms with Gasteiger partial charge in [0.2, 0.25) is 5.82 Å². The van der Waals surface area contributed by atoms with Crippen LogP contribution in [0.25, 0.3) is 6.08 Å². The number of hydrogen-bond donors (Lipinski definition) is 1. The summed E-state index contributed by atoms with van der Waals surface area (Å²) in [5, 5.41) is 14.5. The third-order valence-corrected chi connectivity index (χ3v) is 4.40. The van der Waals surface area contributed by atoms with Crippen LogP contribution < -0.4 is 5.32 Å². The lowest BCUT2D eigenvalue weighted by molar-refractivity contribution is -0.391. The number of nitrogens with one attached hydrogen (secondary N) is 1. The number of hydrogen-bond acceptors (Lipinski definition) is 7. The van der Waals surface area contributed by atoms with Gasteiger partial charge < -0.3 is 20.3 Å². The topological polar surface area (TPSA) is 106 Å². The molecule has 23 heavy (non-hydrogen) atoms. The molecule has 2 rings (SSSR count). The maximum atomic E-state index is 12.0. The normalized spacial score (nSPS) is 16.0. The van der Waals surface area contributed by atoms with Gasteiger partial charge in [0.15, 0.2) is 5.17 Å². The number of amidine groups is 1. The highest BCUT2D eigenvalue weighted by Gasteiger charge is 2.26. The molecular formula is C13H18N6O3S. The number of nitrogens with zero attached hydrogens (tertiary/aromatic N) is 5. The molecule has 0 radical (unpaired) electrons. The molecule has 1 N–H and O–H groups in total. The van der Waals surface area contributed by atoms with E-state index in [0.29, 0.717) is 15.9 Å². The van der Waals surface area contributed by atoms with Crippen molar-refractivity contribution in [2.45, 2.75) is 6.42 Å². The highest BCUT2D eigenvalue weighted by molar-refractivity contribution is 8.18. The largest absolute Gasteiger partial charge is 0.358 e. The molecule has 0 saturated carbocycles. The molecule has 1 aromatic rings. The Labute approximate surface area is 137 Å². The first-order valence-electron chi connectivity index (χ1n) is 6.98. The lowest BCUT2D eigenvalue weighted by atomic mass is 10.4. The van der Waals surface area contributed by atoms with Crippen molar-refractivity contribution < 1.29 is 9.72 Å². The van der Waals surface area contributed by atoms with Crippen LogP contribution in [0, 0.1) is 10.1 Å². The van der Waals surface area contributed by atoms with Crippen LogP contribution >= 0.6 is 11.8 Å². The van der Waals surface area contributed by atoms with Crippen molar-refractivity contribution in [3.8, 4) is 0 Å². The van der Waals surface area contributed by atoms with Gasteiger partial charge in [0, 0.05) is 19.7 Å². The molecule has 0 atom stereocenters. The molecule has 1 aliphatic heterocycles. The predicted octanol–water partition coefficient (Wildman–Crippen LogP) is 0.840. The van der Waals surface area contributed by atoms with E-state index in [9.17, 15) is 14.9 Å². The van der Waals surface area contributed by atoms with Crippen molar-refractivity contribution in [3.63, 3.8) is 0 Å². The van der Waals surface area contributed by atoms with Crippen LogP contribution in [0.5, 0.6) is 0 Å². The molecule has 1 aliphatic rings. The first kappa shape index (κ1) is 17.2. The minimum absolute atomic E-state index is 0.127. The number of imidazole rings is 1. The molecule has 0 aromatic carbocycles. The van der Waals surface area contributed by atoms with Gasteiger partial charge in [-0.2, -0.15) is 4.99 Å². The van der Waals surface area contributed by atoms with E-state index in [-0.39, 0.29) is 11.7 Å². The number of thioether (sulfide) groups is 1. The van der Waals surface area contributed by atoms with Crippen molar-refractivity contribution in [2.75, 3.05) is 27.2 Å². The standard InChI is InChI=1S/C13H18N6O3S/c1-14-5-4-6-17(2)13-16-12(20)9(23-13)7-10-15-8-11(18(10)3)19(21)22/h7-8,14H,4-6H2,1-3H3/b9-7-. The van der Waals surface area contributed by atoms with Gasteiger partial charge in [0.1, 0.15) is 6.20 Å². The van der Waals surface area contributed by atoms with Gasteiger partial charge in [-0.3, -0.25) is 4.79 Å². The fourth-order valence-corrected chi connectivity index (χ4v) is 2.85. The summed E-state index contributed by atoms with van der Waals surface area (Å²) < 4.78 is 1.33. The van der Waals surface area contributed by atoms with Gasteiger partial charge >= 0.3 is 5.82 Å². The van der Waals surface area contributed by atoms with Crippen LogP contribution in [-0.4, -0.2) is 57.6 Å². The molecular weight excluding hydrogens is 320 g/mol. The van der Waals surface area contributed by atoms with Crippen LogP contribution in [0.2, 0.25) is 0 Å². The van der Waals surface area contributed by atoms with Crippen LogP contribution in [0.3, 0.4) is 0 Å². The Bertz CT molecular complexity index is 681. The summed E-state index contributed by atoms with van der Waals surface area (Å²) >= 11 is 1.25. The Morgan fingerprint density at radius 1 is 1.57 bits per heavy atom. The SMILES string of the molecule is CNCCCN(C)C1=NC(=O)/C(=C/c2ncc([N+](=O)[O-])n2C)S1. The minimum atomic E-state index is -0.518. The van der Waals surface area contributed by atoms with Gasteiger partial charge in [-0.05, 0) is 36.7 Å². The van der Waals surface area contributed by atoms with E-state index in [1.165, 1.54) is 35.6 Å². The second kappa shape index (κ2) is 7.38. The van der Waals surface area contributed by atoms with Crippen molar-refractivity contribution in [1.82, 2.24) is 19.8 Å². The first-order chi connectivity index (χ1) is 10.9. The molecule has 1 aromatic heterocycles. The van der Waals surface area contributed by atoms with Crippen LogP contribution in [-0.2, 0) is 11.8 Å². The summed E-state index contributed by atoms with van der Waals surface area (Å²) in [6, 6.07) is 0. The predicted molar refractivity (Wildman–Crippen MR) is 89.0 cm³/mol. The maximum Gasteiger partial charge on any atom is 0.342 e. The number of rotatable bonds is 6. The van der Waals surface area contributed by atoms with E-state index in [2.05, 4.69) is 15.3 Å². The zero-order valence-electron chi connectivity index (χ0n) is 13.1. The quantitative estimate of drug-likeness (QED) is 0.354. The fraction of sp³-hybridized carbons (Fsp3) is 0.462. The molecule has 0 aliphatic carbocycles. The number of amides is 1. The molecule has 0 spiro atoms. The van der Waals surface area contributed by atoms with Crippen molar-refractivity contribution in [1.29, 1.82) is 0 Å². The monoisotopic (exact) mass is 338 g/mol. The number of aromatic nitrogens is 2. The molecule has 124 valence electrons. The van der Waals surface area contributed by atoms with Crippen molar-refractivity contribution in [3.05, 3.63) is 27.0 Å². The van der Waals surface area contributed by atoms with Crippen LogP contribution in [0.4, 0.5) is 5.82 Å². The lowest BCUT2D eigenvalue weighted by Crippen LogP contribution is -2.26. The highest BCUT2D eigenvalue weighted by Crippen LogP contribution is 2.30. The van der Waals surface area contributed by atoms with E-state index >= 15 is 0 Å². The Morgan fingerprint density at radius 3 is 2.91 bits per heavy atom. The Morgan fingerprint density at radius 2 is 2.30 bits per heavy atom. The third kappa shape index (κ3) is 3.96. The molecule has 0 fully saturated rings. The van der Waals surface area contributed by atoms with Crippen LogP contribution in [0.15, 0.2) is 16.1 Å². The summed E-state index contributed by atoms with van der Waals surface area (Å²) in [5.74, 6) is -0.129. The Kier molecular flexibility index (Phi) is 5.50. The number of aliphatic imine (C=N–C) groups is 1. The van der Waals surface area contributed by atoms with E-state index in [4.69, 9.17) is 0 Å². The maximum absolute atomic E-state index is 12.0. The van der Waals surface area contributed by atoms with E-state index < -0.39 is 4.92 Å². The second-order valence-electron chi connectivity index (χ2n) is 4.98. The number of carbonyl (C=O) groups excluding carboxylic acids is 1. The van der Waals surface area contributed by atoms with E-state index in [0.717, 1.165) is 19.5 Å². The summed E-state index contributed by atoms with van der Waals surface area (Å²) in [4.78, 5) is 32.6.